The van der Waals surface area contributed by atoms with Crippen LogP contribution in [0.15, 0.2) is 18.2 Å². The summed E-state index contributed by atoms with van der Waals surface area (Å²) in [5, 5.41) is 0.758. The number of ether oxygens (including phenoxy) is 1. The largest absolute Gasteiger partial charge is 0.466 e. The Bertz CT molecular complexity index is 639. The number of benzene rings is 1. The fraction of sp³-hybridized carbons (Fsp3) is 0.579. The van der Waals surface area contributed by atoms with Gasteiger partial charge in [0.05, 0.1) is 23.1 Å². The van der Waals surface area contributed by atoms with Gasteiger partial charge >= 0.3 is 5.97 Å². The van der Waals surface area contributed by atoms with Crippen molar-refractivity contribution < 1.29 is 14.3 Å². The van der Waals surface area contributed by atoms with Crippen molar-refractivity contribution >= 4 is 35.1 Å². The Morgan fingerprint density at radius 1 is 1.27 bits per heavy atom. The number of carbonyl (C=O) groups is 2. The molecule has 144 valence electrons. The van der Waals surface area contributed by atoms with E-state index in [4.69, 9.17) is 27.9 Å². The first kappa shape index (κ1) is 21.0. The number of halogens is 2. The smallest absolute Gasteiger partial charge is 0.307 e. The van der Waals surface area contributed by atoms with Gasteiger partial charge in [-0.3, -0.25) is 14.5 Å². The van der Waals surface area contributed by atoms with E-state index in [1.165, 1.54) is 0 Å². The minimum Gasteiger partial charge on any atom is -0.466 e. The fourth-order valence-electron chi connectivity index (χ4n) is 3.32. The third-order valence-electron chi connectivity index (χ3n) is 4.68. The molecule has 1 heterocycles. The van der Waals surface area contributed by atoms with Gasteiger partial charge in [-0.25, -0.2) is 0 Å². The first-order valence-corrected chi connectivity index (χ1v) is 9.85. The molecule has 0 bridgehead atoms. The lowest BCUT2D eigenvalue weighted by Gasteiger charge is -2.30. The van der Waals surface area contributed by atoms with E-state index < -0.39 is 0 Å². The molecule has 1 atom stereocenters. The SMILES string of the molecule is CCOC(=O)CCN(CC1CCCN1CC)C(=O)c1ccc(Cl)c(Cl)c1. The Hall–Kier alpha value is -1.30. The van der Waals surface area contributed by atoms with Crippen molar-refractivity contribution in [1.29, 1.82) is 0 Å². The van der Waals surface area contributed by atoms with Crippen LogP contribution < -0.4 is 0 Å². The number of hydrogen-bond acceptors (Lipinski definition) is 4. The maximum Gasteiger partial charge on any atom is 0.307 e. The third-order valence-corrected chi connectivity index (χ3v) is 5.42. The summed E-state index contributed by atoms with van der Waals surface area (Å²) in [6, 6.07) is 5.18. The van der Waals surface area contributed by atoms with E-state index in [0.29, 0.717) is 41.3 Å². The van der Waals surface area contributed by atoms with Crippen molar-refractivity contribution in [2.45, 2.75) is 39.2 Å². The molecule has 1 aromatic carbocycles. The Balaban J connectivity index is 2.13. The highest BCUT2D eigenvalue weighted by atomic mass is 35.5. The monoisotopic (exact) mass is 400 g/mol. The van der Waals surface area contributed by atoms with E-state index in [1.54, 1.807) is 30.0 Å². The highest BCUT2D eigenvalue weighted by Gasteiger charge is 2.28. The van der Waals surface area contributed by atoms with E-state index in [2.05, 4.69) is 11.8 Å². The van der Waals surface area contributed by atoms with Gasteiger partial charge < -0.3 is 9.64 Å². The predicted molar refractivity (Wildman–Crippen MR) is 104 cm³/mol. The van der Waals surface area contributed by atoms with Crippen LogP contribution in [0, 0.1) is 0 Å². The van der Waals surface area contributed by atoms with E-state index >= 15 is 0 Å². The van der Waals surface area contributed by atoms with Gasteiger partial charge in [0.15, 0.2) is 0 Å². The van der Waals surface area contributed by atoms with Crippen LogP contribution in [0.1, 0.15) is 43.5 Å². The van der Waals surface area contributed by atoms with Crippen molar-refractivity contribution in [1.82, 2.24) is 9.80 Å². The second kappa shape index (κ2) is 10.1. The second-order valence-electron chi connectivity index (χ2n) is 6.36. The Labute approximate surface area is 165 Å². The third kappa shape index (κ3) is 5.60. The topological polar surface area (TPSA) is 49.9 Å². The van der Waals surface area contributed by atoms with Crippen molar-refractivity contribution in [3.8, 4) is 0 Å². The Kier molecular flexibility index (Phi) is 8.19. The second-order valence-corrected chi connectivity index (χ2v) is 7.17. The summed E-state index contributed by atoms with van der Waals surface area (Å²) in [7, 11) is 0. The predicted octanol–water partition coefficient (Wildman–Crippen LogP) is 3.87. The number of esters is 1. The first-order chi connectivity index (χ1) is 12.5. The molecule has 1 aromatic rings. The van der Waals surface area contributed by atoms with E-state index in [0.717, 1.165) is 25.9 Å². The minimum absolute atomic E-state index is 0.143. The molecule has 7 heteroatoms. The van der Waals surface area contributed by atoms with Crippen molar-refractivity contribution in [3.63, 3.8) is 0 Å². The summed E-state index contributed by atoms with van der Waals surface area (Å²) in [5.74, 6) is -0.436. The van der Waals surface area contributed by atoms with Crippen LogP contribution in [0.3, 0.4) is 0 Å². The lowest BCUT2D eigenvalue weighted by Crippen LogP contribution is -2.44. The molecule has 0 spiro atoms. The molecule has 1 unspecified atom stereocenters. The highest BCUT2D eigenvalue weighted by molar-refractivity contribution is 6.42. The lowest BCUT2D eigenvalue weighted by molar-refractivity contribution is -0.143. The lowest BCUT2D eigenvalue weighted by atomic mass is 10.1. The number of amides is 1. The fourth-order valence-corrected chi connectivity index (χ4v) is 3.62. The maximum atomic E-state index is 13.0. The number of carbonyl (C=O) groups excluding carboxylic acids is 2. The molecule has 2 rings (SSSR count). The van der Waals surface area contributed by atoms with Gasteiger partial charge in [-0.1, -0.05) is 30.1 Å². The Morgan fingerprint density at radius 3 is 2.69 bits per heavy atom. The molecule has 0 aliphatic carbocycles. The van der Waals surface area contributed by atoms with Crippen LogP contribution in [0.2, 0.25) is 10.0 Å². The first-order valence-electron chi connectivity index (χ1n) is 9.10. The highest BCUT2D eigenvalue weighted by Crippen LogP contribution is 2.24. The molecular weight excluding hydrogens is 375 g/mol. The molecule has 0 radical (unpaired) electrons. The summed E-state index contributed by atoms with van der Waals surface area (Å²) in [6.45, 7) is 7.16. The van der Waals surface area contributed by atoms with Crippen LogP contribution in [-0.4, -0.2) is 60.5 Å². The summed E-state index contributed by atoms with van der Waals surface area (Å²) in [4.78, 5) is 28.9. The van der Waals surface area contributed by atoms with E-state index in [1.807, 2.05) is 0 Å². The van der Waals surface area contributed by atoms with Crippen LogP contribution in [-0.2, 0) is 9.53 Å². The van der Waals surface area contributed by atoms with E-state index in [-0.39, 0.29) is 18.3 Å². The van der Waals surface area contributed by atoms with Gasteiger partial charge in [0.25, 0.3) is 5.91 Å². The van der Waals surface area contributed by atoms with Crippen LogP contribution in [0.25, 0.3) is 0 Å². The summed E-state index contributed by atoms with van der Waals surface area (Å²) in [6.07, 6.45) is 2.36. The number of nitrogens with zero attached hydrogens (tertiary/aromatic N) is 2. The molecule has 1 aliphatic rings. The van der Waals surface area contributed by atoms with Crippen molar-refractivity contribution in [2.24, 2.45) is 0 Å². The molecule has 5 nitrogen and oxygen atoms in total. The maximum absolute atomic E-state index is 13.0. The zero-order valence-corrected chi connectivity index (χ0v) is 16.9. The van der Waals surface area contributed by atoms with Gasteiger partial charge in [-0.05, 0) is 51.1 Å². The number of likely N-dealkylation sites (tertiary alicyclic amines) is 1. The van der Waals surface area contributed by atoms with Gasteiger partial charge in [-0.15, -0.1) is 0 Å². The molecule has 1 fully saturated rings. The Morgan fingerprint density at radius 2 is 2.04 bits per heavy atom. The molecule has 0 N–H and O–H groups in total. The quantitative estimate of drug-likeness (QED) is 0.621. The van der Waals surface area contributed by atoms with E-state index in [9.17, 15) is 9.59 Å². The zero-order chi connectivity index (χ0) is 19.1. The van der Waals surface area contributed by atoms with Crippen molar-refractivity contribution in [3.05, 3.63) is 33.8 Å². The summed E-state index contributed by atoms with van der Waals surface area (Å²) in [5.41, 5.74) is 0.476. The van der Waals surface area contributed by atoms with Gasteiger partial charge in [0, 0.05) is 24.7 Å². The number of rotatable bonds is 8. The standard InChI is InChI=1S/C19H26Cl2N2O3/c1-3-22-10-5-6-15(22)13-23(11-9-18(24)26-4-2)19(25)14-7-8-16(20)17(21)12-14/h7-8,12,15H,3-6,9-11,13H2,1-2H3. The number of likely N-dealkylation sites (N-methyl/N-ethyl adjacent to an activating group) is 1. The molecular formula is C19H26Cl2N2O3. The molecule has 1 amide bonds. The normalized spacial score (nSPS) is 17.3. The van der Waals surface area contributed by atoms with Crippen LogP contribution >= 0.6 is 23.2 Å². The molecule has 26 heavy (non-hydrogen) atoms. The van der Waals surface area contributed by atoms with Gasteiger partial charge in [0.1, 0.15) is 0 Å². The number of hydrogen-bond donors (Lipinski definition) is 0. The molecule has 1 saturated heterocycles. The molecule has 1 aliphatic heterocycles. The molecule has 0 saturated carbocycles. The van der Waals surface area contributed by atoms with Crippen LogP contribution in [0.5, 0.6) is 0 Å². The average molecular weight is 401 g/mol. The van der Waals surface area contributed by atoms with Crippen molar-refractivity contribution in [2.75, 3.05) is 32.8 Å². The zero-order valence-electron chi connectivity index (χ0n) is 15.3. The van der Waals surface area contributed by atoms with Gasteiger partial charge in [0.2, 0.25) is 0 Å². The average Bonchev–Trinajstić information content (AvgIpc) is 3.07. The molecule has 0 aromatic heterocycles. The van der Waals surface area contributed by atoms with Crippen LogP contribution in [0.4, 0.5) is 0 Å². The van der Waals surface area contributed by atoms with Gasteiger partial charge in [-0.2, -0.15) is 0 Å². The minimum atomic E-state index is -0.293. The summed E-state index contributed by atoms with van der Waals surface area (Å²) >= 11 is 12.0. The summed E-state index contributed by atoms with van der Waals surface area (Å²) < 4.78 is 5.00.